The van der Waals surface area contributed by atoms with Gasteiger partial charge in [-0.3, -0.25) is 4.99 Å². The van der Waals surface area contributed by atoms with Crippen molar-refractivity contribution < 1.29 is 9.84 Å². The normalized spacial score (nSPS) is 12.5. The highest BCUT2D eigenvalue weighted by molar-refractivity contribution is 6.18. The number of nitrogens with zero attached hydrogens (tertiary/aromatic N) is 1. The van der Waals surface area contributed by atoms with E-state index in [-0.39, 0.29) is 6.61 Å². The van der Waals surface area contributed by atoms with Gasteiger partial charge in [0.2, 0.25) is 0 Å². The molecule has 0 aliphatic heterocycles. The summed E-state index contributed by atoms with van der Waals surface area (Å²) >= 11 is 0. The van der Waals surface area contributed by atoms with Gasteiger partial charge in [-0.15, -0.1) is 0 Å². The van der Waals surface area contributed by atoms with Crippen molar-refractivity contribution in [2.75, 3.05) is 13.2 Å². The first-order chi connectivity index (χ1) is 19.2. The molecule has 0 heterocycles. The molecule has 0 amide bonds. The smallest absolute Gasteiger partial charge is 0.101 e. The van der Waals surface area contributed by atoms with Gasteiger partial charge in [0, 0.05) is 13.0 Å². The minimum absolute atomic E-state index is 0.0641. The zero-order valence-electron chi connectivity index (χ0n) is 22.1. The van der Waals surface area contributed by atoms with Gasteiger partial charge >= 0.3 is 0 Å². The fraction of sp³-hybridized carbons (Fsp3) is 0.114. The molecule has 3 N–H and O–H groups in total. The Labute approximate surface area is 230 Å². The highest BCUT2D eigenvalue weighted by atomic mass is 16.5. The average molecular weight is 515 g/mol. The summed E-state index contributed by atoms with van der Waals surface area (Å²) in [4.78, 5) is 3.67. The van der Waals surface area contributed by atoms with Crippen LogP contribution in [-0.2, 0) is 4.74 Å². The molecule has 4 nitrogen and oxygen atoms in total. The summed E-state index contributed by atoms with van der Waals surface area (Å²) in [5.41, 5.74) is 12.4. The summed E-state index contributed by atoms with van der Waals surface area (Å²) in [7, 11) is 0. The van der Waals surface area contributed by atoms with E-state index in [4.69, 9.17) is 10.5 Å². The lowest BCUT2D eigenvalue weighted by atomic mass is 9.84. The van der Waals surface area contributed by atoms with Crippen LogP contribution in [0, 0.1) is 0 Å². The molecule has 0 bridgehead atoms. The van der Waals surface area contributed by atoms with Crippen molar-refractivity contribution in [3.8, 4) is 11.1 Å². The predicted molar refractivity (Wildman–Crippen MR) is 167 cm³/mol. The Bertz CT molecular complexity index is 1580. The van der Waals surface area contributed by atoms with E-state index >= 15 is 0 Å². The number of allylic oxidation sites excluding steroid dienone is 4. The molecule has 0 saturated carbocycles. The van der Waals surface area contributed by atoms with Crippen molar-refractivity contribution in [2.45, 2.75) is 12.8 Å². The molecule has 0 aromatic heterocycles. The molecule has 4 aromatic rings. The van der Waals surface area contributed by atoms with Crippen LogP contribution in [-0.4, -0.2) is 25.0 Å². The van der Waals surface area contributed by atoms with Crippen molar-refractivity contribution in [3.63, 3.8) is 0 Å². The van der Waals surface area contributed by atoms with E-state index in [2.05, 4.69) is 91.1 Å². The summed E-state index contributed by atoms with van der Waals surface area (Å²) in [6, 6.07) is 25.4. The van der Waals surface area contributed by atoms with Gasteiger partial charge in [0.05, 0.1) is 12.8 Å². The van der Waals surface area contributed by atoms with Crippen molar-refractivity contribution in [3.05, 3.63) is 133 Å². The fourth-order valence-electron chi connectivity index (χ4n) is 4.91. The van der Waals surface area contributed by atoms with Crippen molar-refractivity contribution in [1.82, 2.24) is 0 Å². The number of fused-ring (bicyclic) bond motifs is 2. The molecule has 0 spiro atoms. The number of aliphatic hydroxyl groups excluding tert-OH is 1. The van der Waals surface area contributed by atoms with Crippen LogP contribution in [0.1, 0.15) is 24.0 Å². The van der Waals surface area contributed by atoms with Crippen LogP contribution >= 0.6 is 0 Å². The highest BCUT2D eigenvalue weighted by Crippen LogP contribution is 2.42. The fourth-order valence-corrected chi connectivity index (χ4v) is 4.91. The van der Waals surface area contributed by atoms with Crippen LogP contribution in [0.25, 0.3) is 43.8 Å². The van der Waals surface area contributed by atoms with Crippen LogP contribution in [0.2, 0.25) is 0 Å². The lowest BCUT2D eigenvalue weighted by Crippen LogP contribution is -1.97. The van der Waals surface area contributed by atoms with Gasteiger partial charge in [0.1, 0.15) is 6.26 Å². The standard InChI is InChI=1S/C35H34N2O2/c1-3-26(14-10-23-39-24-21-37-2)34-30-15-7-8-16-31(30)35(28(19-20-36)13-9-22-38)33-25-29(17-18-32(33)34)27-11-5-4-6-12-27/h3-8,11-21,24-25,38H,1-2,9-10,22-23,36H2/b20-19-,24-21-,26-14+,28-13+. The van der Waals surface area contributed by atoms with Crippen LogP contribution < -0.4 is 5.73 Å². The van der Waals surface area contributed by atoms with E-state index in [1.54, 1.807) is 12.5 Å². The third-order valence-electron chi connectivity index (χ3n) is 6.56. The molecule has 4 aromatic carbocycles. The molecule has 0 atom stereocenters. The third kappa shape index (κ3) is 6.25. The zero-order chi connectivity index (χ0) is 27.5. The maximum Gasteiger partial charge on any atom is 0.101 e. The van der Waals surface area contributed by atoms with E-state index < -0.39 is 0 Å². The molecule has 4 rings (SSSR count). The monoisotopic (exact) mass is 514 g/mol. The van der Waals surface area contributed by atoms with E-state index in [0.29, 0.717) is 19.4 Å². The Balaban J connectivity index is 2.04. The molecule has 0 saturated heterocycles. The second-order valence-corrected chi connectivity index (χ2v) is 8.94. The summed E-state index contributed by atoms with van der Waals surface area (Å²) < 4.78 is 5.52. The first-order valence-corrected chi connectivity index (χ1v) is 13.0. The molecule has 0 fully saturated rings. The van der Waals surface area contributed by atoms with E-state index in [1.165, 1.54) is 6.20 Å². The second kappa shape index (κ2) is 13.8. The minimum atomic E-state index is 0.0641. The van der Waals surface area contributed by atoms with Gasteiger partial charge < -0.3 is 15.6 Å². The molecular weight excluding hydrogens is 480 g/mol. The lowest BCUT2D eigenvalue weighted by Gasteiger charge is -2.20. The summed E-state index contributed by atoms with van der Waals surface area (Å²) in [5.74, 6) is 0. The van der Waals surface area contributed by atoms with Crippen molar-refractivity contribution >= 4 is 39.4 Å². The van der Waals surface area contributed by atoms with Gasteiger partial charge in [0.25, 0.3) is 0 Å². The third-order valence-corrected chi connectivity index (χ3v) is 6.56. The molecular formula is C35H34N2O2. The SMILES string of the molecule is C=C/C(=C\CCO/C=C\N=C)c1c2ccccc2c(C(/C=C\N)=C/CCO)c2cc(-c3ccccc3)ccc12. The minimum Gasteiger partial charge on any atom is -0.499 e. The zero-order valence-corrected chi connectivity index (χ0v) is 22.1. The topological polar surface area (TPSA) is 67.8 Å². The van der Waals surface area contributed by atoms with E-state index in [9.17, 15) is 5.11 Å². The number of rotatable bonds is 12. The van der Waals surface area contributed by atoms with E-state index in [0.717, 1.165) is 54.9 Å². The van der Waals surface area contributed by atoms with Crippen LogP contribution in [0.3, 0.4) is 0 Å². The number of nitrogens with two attached hydrogens (primary N) is 1. The molecule has 0 radical (unpaired) electrons. The molecule has 39 heavy (non-hydrogen) atoms. The Hall–Kier alpha value is -4.67. The average Bonchev–Trinajstić information content (AvgIpc) is 2.98. The quantitative estimate of drug-likeness (QED) is 0.0661. The van der Waals surface area contributed by atoms with Crippen LogP contribution in [0.5, 0.6) is 0 Å². The number of ether oxygens (including phenoxy) is 1. The second-order valence-electron chi connectivity index (χ2n) is 8.94. The highest BCUT2D eigenvalue weighted by Gasteiger charge is 2.18. The van der Waals surface area contributed by atoms with Gasteiger partial charge in [-0.2, -0.15) is 0 Å². The summed E-state index contributed by atoms with van der Waals surface area (Å²) in [5, 5.41) is 14.1. The summed E-state index contributed by atoms with van der Waals surface area (Å²) in [6.07, 6.45) is 13.9. The molecule has 0 unspecified atom stereocenters. The molecule has 0 aliphatic carbocycles. The Kier molecular flexibility index (Phi) is 9.65. The number of benzene rings is 4. The largest absolute Gasteiger partial charge is 0.499 e. The first kappa shape index (κ1) is 27.4. The number of hydrogen-bond donors (Lipinski definition) is 2. The maximum atomic E-state index is 9.61. The van der Waals surface area contributed by atoms with Crippen molar-refractivity contribution in [1.29, 1.82) is 0 Å². The maximum absolute atomic E-state index is 9.61. The van der Waals surface area contributed by atoms with Gasteiger partial charge in [-0.05, 0) is 86.4 Å². The number of aliphatic hydroxyl groups is 1. The van der Waals surface area contributed by atoms with Crippen molar-refractivity contribution in [2.24, 2.45) is 10.7 Å². The van der Waals surface area contributed by atoms with Crippen LogP contribution in [0.15, 0.2) is 127 Å². The number of aliphatic imine (C=N–C) groups is 1. The van der Waals surface area contributed by atoms with Gasteiger partial charge in [-0.1, -0.05) is 91.5 Å². The van der Waals surface area contributed by atoms with Gasteiger partial charge in [0.15, 0.2) is 0 Å². The van der Waals surface area contributed by atoms with Crippen LogP contribution in [0.4, 0.5) is 0 Å². The van der Waals surface area contributed by atoms with E-state index in [1.807, 2.05) is 24.3 Å². The Morgan fingerprint density at radius 2 is 1.49 bits per heavy atom. The first-order valence-electron chi connectivity index (χ1n) is 13.0. The Morgan fingerprint density at radius 3 is 2.15 bits per heavy atom. The Morgan fingerprint density at radius 1 is 0.821 bits per heavy atom. The molecule has 196 valence electrons. The lowest BCUT2D eigenvalue weighted by molar-refractivity contribution is 0.255. The predicted octanol–water partition coefficient (Wildman–Crippen LogP) is 8.05. The van der Waals surface area contributed by atoms with Gasteiger partial charge in [-0.25, -0.2) is 0 Å². The number of hydrogen-bond acceptors (Lipinski definition) is 4. The summed E-state index contributed by atoms with van der Waals surface area (Å²) in [6.45, 7) is 8.16. The molecule has 4 heteroatoms. The molecule has 0 aliphatic rings.